The molecule has 8 heteroatoms. The summed E-state index contributed by atoms with van der Waals surface area (Å²) < 4.78 is 17.4. The fraction of sp³-hybridized carbons (Fsp3) is 0.0625. The normalized spacial score (nSPS) is 9.75. The number of anilines is 1. The van der Waals surface area contributed by atoms with Gasteiger partial charge in [-0.15, -0.1) is 0 Å². The molecule has 0 atom stereocenters. The van der Waals surface area contributed by atoms with E-state index in [4.69, 9.17) is 12.2 Å². The summed E-state index contributed by atoms with van der Waals surface area (Å²) in [4.78, 5) is 23.3. The number of amides is 1. The van der Waals surface area contributed by atoms with Crippen molar-refractivity contribution in [2.24, 2.45) is 0 Å². The molecule has 2 aromatic carbocycles. The summed E-state index contributed by atoms with van der Waals surface area (Å²) in [6, 6.07) is 11.5. The van der Waals surface area contributed by atoms with Crippen LogP contribution in [0.1, 0.15) is 20.7 Å². The number of carbonyl (C=O) groups is 2. The van der Waals surface area contributed by atoms with Gasteiger partial charge < -0.3 is 10.1 Å². The van der Waals surface area contributed by atoms with Crippen LogP contribution < -0.4 is 16.2 Å². The fourth-order valence-corrected chi connectivity index (χ4v) is 1.93. The first-order valence-electron chi connectivity index (χ1n) is 6.81. The third-order valence-corrected chi connectivity index (χ3v) is 3.16. The molecule has 124 valence electrons. The lowest BCUT2D eigenvalue weighted by atomic mass is 10.1. The first-order chi connectivity index (χ1) is 11.5. The summed E-state index contributed by atoms with van der Waals surface area (Å²) in [5.41, 5.74) is 6.19. The highest BCUT2D eigenvalue weighted by Gasteiger charge is 2.09. The maximum Gasteiger partial charge on any atom is 0.337 e. The van der Waals surface area contributed by atoms with Crippen LogP contribution in [0.4, 0.5) is 10.1 Å². The van der Waals surface area contributed by atoms with Crippen molar-refractivity contribution >= 4 is 34.9 Å². The molecule has 0 bridgehead atoms. The zero-order chi connectivity index (χ0) is 17.5. The van der Waals surface area contributed by atoms with Gasteiger partial charge in [0.15, 0.2) is 5.11 Å². The Morgan fingerprint density at radius 1 is 0.958 bits per heavy atom. The van der Waals surface area contributed by atoms with E-state index in [1.165, 1.54) is 55.6 Å². The Kier molecular flexibility index (Phi) is 5.80. The third-order valence-electron chi connectivity index (χ3n) is 2.96. The quantitative estimate of drug-likeness (QED) is 0.449. The molecule has 0 heterocycles. The highest BCUT2D eigenvalue weighted by molar-refractivity contribution is 7.80. The summed E-state index contributed by atoms with van der Waals surface area (Å²) >= 11 is 5.02. The van der Waals surface area contributed by atoms with Gasteiger partial charge in [-0.2, -0.15) is 0 Å². The second-order valence-corrected chi connectivity index (χ2v) is 5.02. The third kappa shape index (κ3) is 4.75. The van der Waals surface area contributed by atoms with E-state index < -0.39 is 11.9 Å². The first-order valence-corrected chi connectivity index (χ1v) is 7.21. The molecule has 0 radical (unpaired) electrons. The molecule has 1 amide bonds. The molecule has 2 rings (SSSR count). The van der Waals surface area contributed by atoms with Gasteiger partial charge >= 0.3 is 5.97 Å². The smallest absolute Gasteiger partial charge is 0.337 e. The van der Waals surface area contributed by atoms with Gasteiger partial charge in [0.2, 0.25) is 0 Å². The Morgan fingerprint density at radius 3 is 2.12 bits per heavy atom. The Hall–Kier alpha value is -3.00. The van der Waals surface area contributed by atoms with Crippen molar-refractivity contribution in [3.63, 3.8) is 0 Å². The number of halogens is 1. The number of hydrogen-bond acceptors (Lipinski definition) is 4. The zero-order valence-electron chi connectivity index (χ0n) is 12.6. The van der Waals surface area contributed by atoms with E-state index >= 15 is 0 Å². The summed E-state index contributed by atoms with van der Waals surface area (Å²) in [6.45, 7) is 0. The number of esters is 1. The van der Waals surface area contributed by atoms with Crippen LogP contribution >= 0.6 is 12.2 Å². The number of thiocarbonyl (C=S) groups is 1. The van der Waals surface area contributed by atoms with E-state index in [1.54, 1.807) is 0 Å². The molecule has 24 heavy (non-hydrogen) atoms. The Balaban J connectivity index is 1.87. The minimum atomic E-state index is -0.482. The Morgan fingerprint density at radius 2 is 1.54 bits per heavy atom. The highest BCUT2D eigenvalue weighted by Crippen LogP contribution is 2.08. The van der Waals surface area contributed by atoms with Gasteiger partial charge in [0.05, 0.1) is 12.7 Å². The predicted octanol–water partition coefficient (Wildman–Crippen LogP) is 2.24. The molecule has 0 spiro atoms. The molecule has 0 aromatic heterocycles. The van der Waals surface area contributed by atoms with Gasteiger partial charge in [0.1, 0.15) is 5.82 Å². The lowest BCUT2D eigenvalue weighted by Gasteiger charge is -2.11. The van der Waals surface area contributed by atoms with Crippen LogP contribution in [0.15, 0.2) is 48.5 Å². The predicted molar refractivity (Wildman–Crippen MR) is 91.0 cm³/mol. The van der Waals surface area contributed by atoms with Crippen molar-refractivity contribution < 1.29 is 18.7 Å². The topological polar surface area (TPSA) is 79.5 Å². The van der Waals surface area contributed by atoms with Gasteiger partial charge in [-0.05, 0) is 60.7 Å². The molecule has 0 saturated heterocycles. The van der Waals surface area contributed by atoms with Crippen molar-refractivity contribution in [2.45, 2.75) is 0 Å². The molecule has 0 aliphatic rings. The standard InChI is InChI=1S/C16H14FN3O3S/c1-23-15(22)11-4-2-10(3-5-11)14(21)19-20-16(24)18-13-8-6-12(17)7-9-13/h2-9H,1H3,(H,19,21)(H2,18,20,24). The number of hydrogen-bond donors (Lipinski definition) is 3. The van der Waals surface area contributed by atoms with Gasteiger partial charge in [-0.25, -0.2) is 9.18 Å². The summed E-state index contributed by atoms with van der Waals surface area (Å²) in [5.74, 6) is -1.28. The van der Waals surface area contributed by atoms with Crippen LogP contribution in [0.3, 0.4) is 0 Å². The van der Waals surface area contributed by atoms with Crippen LogP contribution in [0.2, 0.25) is 0 Å². The largest absolute Gasteiger partial charge is 0.465 e. The van der Waals surface area contributed by atoms with E-state index in [0.29, 0.717) is 16.8 Å². The maximum absolute atomic E-state index is 12.8. The zero-order valence-corrected chi connectivity index (χ0v) is 13.4. The minimum Gasteiger partial charge on any atom is -0.465 e. The number of hydrazine groups is 1. The van der Waals surface area contributed by atoms with Gasteiger partial charge in [0, 0.05) is 11.3 Å². The SMILES string of the molecule is COC(=O)c1ccc(C(=O)NNC(=S)Nc2ccc(F)cc2)cc1. The van der Waals surface area contributed by atoms with E-state index in [-0.39, 0.29) is 10.9 Å². The van der Waals surface area contributed by atoms with Crippen molar-refractivity contribution in [2.75, 3.05) is 12.4 Å². The summed E-state index contributed by atoms with van der Waals surface area (Å²) in [7, 11) is 1.28. The number of nitrogens with one attached hydrogen (secondary N) is 3. The molecular formula is C16H14FN3O3S. The van der Waals surface area contributed by atoms with Gasteiger partial charge in [-0.3, -0.25) is 15.6 Å². The number of rotatable bonds is 3. The molecule has 0 aliphatic carbocycles. The van der Waals surface area contributed by atoms with E-state index in [0.717, 1.165) is 0 Å². The van der Waals surface area contributed by atoms with Gasteiger partial charge in [-0.1, -0.05) is 0 Å². The van der Waals surface area contributed by atoms with Crippen LogP contribution in [0.25, 0.3) is 0 Å². The Labute approximate surface area is 143 Å². The molecule has 3 N–H and O–H groups in total. The van der Waals surface area contributed by atoms with E-state index in [9.17, 15) is 14.0 Å². The Bertz CT molecular complexity index is 748. The minimum absolute atomic E-state index is 0.140. The second-order valence-electron chi connectivity index (χ2n) is 4.61. The van der Waals surface area contributed by atoms with Crippen LogP contribution in [0, 0.1) is 5.82 Å². The number of carbonyl (C=O) groups excluding carboxylic acids is 2. The lowest BCUT2D eigenvalue weighted by molar-refractivity contribution is 0.0600. The van der Waals surface area contributed by atoms with Gasteiger partial charge in [0.25, 0.3) is 5.91 Å². The van der Waals surface area contributed by atoms with E-state index in [2.05, 4.69) is 20.9 Å². The fourth-order valence-electron chi connectivity index (χ4n) is 1.76. The number of benzene rings is 2. The monoisotopic (exact) mass is 347 g/mol. The summed E-state index contributed by atoms with van der Waals surface area (Å²) in [5, 5.41) is 2.93. The molecule has 0 fully saturated rings. The molecule has 0 unspecified atom stereocenters. The average Bonchev–Trinajstić information content (AvgIpc) is 2.61. The van der Waals surface area contributed by atoms with Crippen LogP contribution in [0.5, 0.6) is 0 Å². The van der Waals surface area contributed by atoms with Crippen molar-refractivity contribution in [3.05, 3.63) is 65.5 Å². The molecule has 6 nitrogen and oxygen atoms in total. The lowest BCUT2D eigenvalue weighted by Crippen LogP contribution is -2.43. The molecule has 0 saturated carbocycles. The van der Waals surface area contributed by atoms with Crippen molar-refractivity contribution in [1.29, 1.82) is 0 Å². The average molecular weight is 347 g/mol. The maximum atomic E-state index is 12.8. The molecule has 0 aliphatic heterocycles. The second kappa shape index (κ2) is 8.02. The van der Waals surface area contributed by atoms with E-state index in [1.807, 2.05) is 0 Å². The van der Waals surface area contributed by atoms with Crippen LogP contribution in [-0.2, 0) is 4.74 Å². The number of ether oxygens (including phenoxy) is 1. The molecule has 2 aromatic rings. The first kappa shape index (κ1) is 17.4. The van der Waals surface area contributed by atoms with Crippen molar-refractivity contribution in [3.8, 4) is 0 Å². The summed E-state index contributed by atoms with van der Waals surface area (Å²) in [6.07, 6.45) is 0. The molecular weight excluding hydrogens is 333 g/mol. The van der Waals surface area contributed by atoms with Crippen LogP contribution in [-0.4, -0.2) is 24.1 Å². The highest BCUT2D eigenvalue weighted by atomic mass is 32.1. The number of methoxy groups -OCH3 is 1. The van der Waals surface area contributed by atoms with Crippen molar-refractivity contribution in [1.82, 2.24) is 10.9 Å².